The number of fused-ring (bicyclic) bond motifs is 4. The maximum Gasteiger partial charge on any atom is 0.158 e. The average molecular weight is 194 g/mol. The Morgan fingerprint density at radius 1 is 1.50 bits per heavy atom. The van der Waals surface area contributed by atoms with Gasteiger partial charge in [-0.05, 0) is 18.9 Å². The molecule has 0 unspecified atom stereocenters. The van der Waals surface area contributed by atoms with Crippen molar-refractivity contribution in [3.63, 3.8) is 0 Å². The number of hydrogen-bond donors (Lipinski definition) is 0. The second-order valence-corrected chi connectivity index (χ2v) is 4.50. The highest BCUT2D eigenvalue weighted by Crippen LogP contribution is 2.43. The van der Waals surface area contributed by atoms with Crippen LogP contribution in [0.15, 0.2) is 11.6 Å². The molecule has 0 aromatic heterocycles. The summed E-state index contributed by atoms with van der Waals surface area (Å²) in [5, 5.41) is 0. The molecule has 0 N–H and O–H groups in total. The molecule has 76 valence electrons. The molecule has 0 aromatic rings. The Hall–Kier alpha value is -0.670. The van der Waals surface area contributed by atoms with E-state index in [1.165, 1.54) is 5.57 Å². The summed E-state index contributed by atoms with van der Waals surface area (Å²) in [6.45, 7) is 2.73. The second kappa shape index (κ2) is 2.91. The Balaban J connectivity index is 1.93. The average Bonchev–Trinajstić information content (AvgIpc) is 2.52. The maximum atomic E-state index is 11.4. The van der Waals surface area contributed by atoms with E-state index in [1.54, 1.807) is 6.08 Å². The molecule has 4 atom stereocenters. The van der Waals surface area contributed by atoms with Crippen LogP contribution in [0.1, 0.15) is 19.8 Å². The third-order valence-corrected chi connectivity index (χ3v) is 3.62. The number of allylic oxidation sites excluding steroid dienone is 2. The van der Waals surface area contributed by atoms with Gasteiger partial charge in [-0.15, -0.1) is 0 Å². The smallest absolute Gasteiger partial charge is 0.158 e. The number of ketones is 1. The Labute approximate surface area is 83.1 Å². The van der Waals surface area contributed by atoms with Gasteiger partial charge in [0.15, 0.2) is 12.1 Å². The zero-order valence-electron chi connectivity index (χ0n) is 8.23. The van der Waals surface area contributed by atoms with Crippen molar-refractivity contribution in [2.24, 2.45) is 11.8 Å². The van der Waals surface area contributed by atoms with Crippen LogP contribution in [0, 0.1) is 11.8 Å². The monoisotopic (exact) mass is 194 g/mol. The van der Waals surface area contributed by atoms with Gasteiger partial charge in [0.2, 0.25) is 0 Å². The molecule has 3 aliphatic rings. The predicted octanol–water partition coefficient (Wildman–Crippen LogP) is 1.28. The van der Waals surface area contributed by atoms with E-state index in [1.807, 2.05) is 0 Å². The lowest BCUT2D eigenvalue weighted by atomic mass is 9.73. The molecule has 0 amide bonds. The molecule has 0 aromatic carbocycles. The van der Waals surface area contributed by atoms with E-state index < -0.39 is 0 Å². The first-order valence-electron chi connectivity index (χ1n) is 5.22. The number of rotatable bonds is 0. The minimum absolute atomic E-state index is 0.0159. The number of carbonyl (C=O) groups is 1. The van der Waals surface area contributed by atoms with Gasteiger partial charge in [-0.3, -0.25) is 4.79 Å². The number of hydrogen-bond acceptors (Lipinski definition) is 3. The first-order chi connectivity index (χ1) is 6.74. The fourth-order valence-corrected chi connectivity index (χ4v) is 2.91. The fraction of sp³-hybridized carbons (Fsp3) is 0.727. The van der Waals surface area contributed by atoms with Crippen molar-refractivity contribution in [2.75, 3.05) is 6.61 Å². The first kappa shape index (κ1) is 8.62. The van der Waals surface area contributed by atoms with Gasteiger partial charge in [0, 0.05) is 18.8 Å². The Bertz CT molecular complexity index is 308. The Morgan fingerprint density at radius 2 is 2.36 bits per heavy atom. The minimum atomic E-state index is -0.0159. The van der Waals surface area contributed by atoms with Crippen LogP contribution >= 0.6 is 0 Å². The normalized spacial score (nSPS) is 46.1. The SMILES string of the molecule is CC1=CC(=O)C[C@H]2[C@@H]1C[C@@H]1OC[C@H]2O1. The third kappa shape index (κ3) is 1.16. The van der Waals surface area contributed by atoms with Crippen LogP contribution in [0.5, 0.6) is 0 Å². The van der Waals surface area contributed by atoms with Gasteiger partial charge >= 0.3 is 0 Å². The largest absolute Gasteiger partial charge is 0.350 e. The van der Waals surface area contributed by atoms with E-state index in [0.717, 1.165) is 6.42 Å². The van der Waals surface area contributed by atoms with E-state index in [-0.39, 0.29) is 18.2 Å². The molecular formula is C11H14O3. The summed E-state index contributed by atoms with van der Waals surface area (Å²) in [6, 6.07) is 0. The molecule has 0 saturated carbocycles. The molecule has 2 saturated heterocycles. The molecule has 1 aliphatic carbocycles. The molecular weight excluding hydrogens is 180 g/mol. The highest BCUT2D eigenvalue weighted by molar-refractivity contribution is 5.91. The van der Waals surface area contributed by atoms with E-state index in [4.69, 9.17) is 9.47 Å². The first-order valence-corrected chi connectivity index (χ1v) is 5.22. The van der Waals surface area contributed by atoms with Crippen molar-refractivity contribution in [1.29, 1.82) is 0 Å². The molecule has 0 radical (unpaired) electrons. The third-order valence-electron chi connectivity index (χ3n) is 3.62. The summed E-state index contributed by atoms with van der Waals surface area (Å²) in [5.41, 5.74) is 1.22. The Kier molecular flexibility index (Phi) is 1.79. The molecule has 2 bridgehead atoms. The minimum Gasteiger partial charge on any atom is -0.350 e. The van der Waals surface area contributed by atoms with E-state index in [2.05, 4.69) is 6.92 Å². The van der Waals surface area contributed by atoms with Gasteiger partial charge in [0.1, 0.15) is 0 Å². The molecule has 3 nitrogen and oxygen atoms in total. The lowest BCUT2D eigenvalue weighted by Gasteiger charge is -2.37. The van der Waals surface area contributed by atoms with Crippen molar-refractivity contribution >= 4 is 5.78 Å². The number of carbonyl (C=O) groups excluding carboxylic acids is 1. The summed E-state index contributed by atoms with van der Waals surface area (Å²) in [4.78, 5) is 11.4. The zero-order chi connectivity index (χ0) is 9.71. The van der Waals surface area contributed by atoms with Crippen molar-refractivity contribution in [3.8, 4) is 0 Å². The fourth-order valence-electron chi connectivity index (χ4n) is 2.91. The lowest BCUT2D eigenvalue weighted by molar-refractivity contribution is -0.131. The molecule has 3 rings (SSSR count). The van der Waals surface area contributed by atoms with E-state index in [9.17, 15) is 4.79 Å². The van der Waals surface area contributed by atoms with Crippen LogP contribution in [0.25, 0.3) is 0 Å². The van der Waals surface area contributed by atoms with Gasteiger partial charge in [0.25, 0.3) is 0 Å². The van der Waals surface area contributed by atoms with Gasteiger partial charge in [-0.1, -0.05) is 5.57 Å². The second-order valence-electron chi connectivity index (χ2n) is 4.50. The molecule has 2 fully saturated rings. The quantitative estimate of drug-likeness (QED) is 0.582. The summed E-state index contributed by atoms with van der Waals surface area (Å²) in [6.07, 6.45) is 3.51. The van der Waals surface area contributed by atoms with Gasteiger partial charge in [0.05, 0.1) is 12.7 Å². The van der Waals surface area contributed by atoms with Crippen LogP contribution in [-0.2, 0) is 14.3 Å². The van der Waals surface area contributed by atoms with Crippen LogP contribution in [0.2, 0.25) is 0 Å². The highest BCUT2D eigenvalue weighted by Gasteiger charge is 2.46. The van der Waals surface area contributed by atoms with Gasteiger partial charge < -0.3 is 9.47 Å². The van der Waals surface area contributed by atoms with Crippen molar-refractivity contribution < 1.29 is 14.3 Å². The predicted molar refractivity (Wildman–Crippen MR) is 49.6 cm³/mol. The maximum absolute atomic E-state index is 11.4. The Morgan fingerprint density at radius 3 is 3.21 bits per heavy atom. The molecule has 3 heteroatoms. The topological polar surface area (TPSA) is 35.5 Å². The van der Waals surface area contributed by atoms with Crippen LogP contribution in [-0.4, -0.2) is 24.8 Å². The molecule has 0 spiro atoms. The molecule has 2 heterocycles. The van der Waals surface area contributed by atoms with Gasteiger partial charge in [-0.25, -0.2) is 0 Å². The van der Waals surface area contributed by atoms with Crippen LogP contribution in [0.3, 0.4) is 0 Å². The van der Waals surface area contributed by atoms with E-state index in [0.29, 0.717) is 24.9 Å². The summed E-state index contributed by atoms with van der Waals surface area (Å²) in [7, 11) is 0. The van der Waals surface area contributed by atoms with Crippen molar-refractivity contribution in [3.05, 3.63) is 11.6 Å². The van der Waals surface area contributed by atoms with E-state index >= 15 is 0 Å². The van der Waals surface area contributed by atoms with Crippen molar-refractivity contribution in [1.82, 2.24) is 0 Å². The standard InChI is InChI=1S/C11H14O3/c1-6-2-7(12)3-9-8(6)4-11-13-5-10(9)14-11/h2,8-11H,3-5H2,1H3/t8-,9+,10-,11-/m1/s1. The summed E-state index contributed by atoms with van der Waals surface area (Å²) < 4.78 is 11.2. The summed E-state index contributed by atoms with van der Waals surface area (Å²) in [5.74, 6) is 1.13. The van der Waals surface area contributed by atoms with Crippen LogP contribution in [0.4, 0.5) is 0 Å². The highest BCUT2D eigenvalue weighted by atomic mass is 16.7. The lowest BCUT2D eigenvalue weighted by Crippen LogP contribution is -2.40. The zero-order valence-corrected chi connectivity index (χ0v) is 8.23. The van der Waals surface area contributed by atoms with Gasteiger partial charge in [-0.2, -0.15) is 0 Å². The summed E-state index contributed by atoms with van der Waals surface area (Å²) >= 11 is 0. The number of ether oxygens (including phenoxy) is 2. The van der Waals surface area contributed by atoms with Crippen molar-refractivity contribution in [2.45, 2.75) is 32.2 Å². The van der Waals surface area contributed by atoms with Crippen LogP contribution < -0.4 is 0 Å². The molecule has 14 heavy (non-hydrogen) atoms. The molecule has 2 aliphatic heterocycles.